The van der Waals surface area contributed by atoms with E-state index in [-0.39, 0.29) is 0 Å². The fraction of sp³-hybridized carbons (Fsp3) is 0.750. The zero-order valence-electron chi connectivity index (χ0n) is 10.0. The smallest absolute Gasteiger partial charge is 0.247 e. The average molecular weight is 281 g/mol. The van der Waals surface area contributed by atoms with Crippen molar-refractivity contribution < 1.29 is 35.1 Å². The molecule has 0 aliphatic carbocycles. The number of nitrogens with zero attached hydrogens (tertiary/aromatic N) is 1. The Balaban J connectivity index is 0. The van der Waals surface area contributed by atoms with E-state index in [1.807, 2.05) is 4.91 Å². The van der Waals surface area contributed by atoms with Crippen LogP contribution in [-0.4, -0.2) is 67.7 Å². The van der Waals surface area contributed by atoms with Crippen LogP contribution in [0.1, 0.15) is 6.92 Å². The molecule has 0 radical (unpaired) electrons. The average Bonchev–Trinajstić information content (AvgIpc) is 2.35. The molecule has 0 fully saturated rings. The third-order valence-electron chi connectivity index (χ3n) is 2.04. The van der Waals surface area contributed by atoms with E-state index in [4.69, 9.17) is 27.0 Å². The molecule has 4 atom stereocenters. The predicted molar refractivity (Wildman–Crippen MR) is 57.5 cm³/mol. The van der Waals surface area contributed by atoms with Gasteiger partial charge in [0.15, 0.2) is 5.78 Å². The number of Topliss-reactive ketones (excluding diaryl/α,β-unsaturated/α-hetero) is 2. The molecule has 11 heteroatoms. The Morgan fingerprint density at radius 2 is 1.68 bits per heavy atom. The van der Waals surface area contributed by atoms with Gasteiger partial charge in [0.2, 0.25) is 16.4 Å². The van der Waals surface area contributed by atoms with Crippen LogP contribution in [0.2, 0.25) is 0 Å². The third kappa shape index (κ3) is 5.72. The summed E-state index contributed by atoms with van der Waals surface area (Å²) in [6, 6.07) is 0. The van der Waals surface area contributed by atoms with E-state index in [1.165, 1.54) is 0 Å². The Morgan fingerprint density at radius 3 is 1.95 bits per heavy atom. The normalized spacial score (nSPS) is 17.8. The number of hydrogen-bond acceptors (Lipinski definition) is 10. The topological polar surface area (TPSA) is 223 Å². The summed E-state index contributed by atoms with van der Waals surface area (Å²) in [7, 11) is 0. The quantitative estimate of drug-likeness (QED) is 0.103. The van der Waals surface area contributed by atoms with Crippen LogP contribution in [0.3, 0.4) is 0 Å². The van der Waals surface area contributed by atoms with E-state index in [2.05, 4.69) is 0 Å². The maximum atomic E-state index is 11.1. The highest BCUT2D eigenvalue weighted by Crippen LogP contribution is 2.12. The molecule has 0 aromatic rings. The second-order valence-electron chi connectivity index (χ2n) is 3.51. The van der Waals surface area contributed by atoms with Crippen LogP contribution in [0.25, 0.3) is 0 Å². The predicted octanol–water partition coefficient (Wildman–Crippen LogP) is -4.02. The molecular formula is C8H17N4O7+. The molecule has 19 heavy (non-hydrogen) atoms. The fourth-order valence-corrected chi connectivity index (χ4v) is 0.995. The van der Waals surface area contributed by atoms with E-state index in [9.17, 15) is 24.9 Å². The maximum Gasteiger partial charge on any atom is 0.247 e. The standard InChI is InChI=1S/C8H15NO7.H2N3/c1-3(11)6(14)8(9,16)7(15)5(13)4(12)2-10;1-3-2/h4-5,7,10,12-13,15-16H,2,9H2,1H3;1-2H/q;+1/t4?,5?,7?,8-;/m0./s1. The number of nitrogens with one attached hydrogen (secondary N) is 2. The van der Waals surface area contributed by atoms with Crippen molar-refractivity contribution in [3.63, 3.8) is 0 Å². The van der Waals surface area contributed by atoms with Crippen molar-refractivity contribution in [2.45, 2.75) is 31.0 Å². The van der Waals surface area contributed by atoms with Gasteiger partial charge in [-0.15, -0.1) is 0 Å². The molecule has 0 amide bonds. The van der Waals surface area contributed by atoms with Crippen LogP contribution in [0.4, 0.5) is 0 Å². The summed E-state index contributed by atoms with van der Waals surface area (Å²) in [5.74, 6) is -2.63. The van der Waals surface area contributed by atoms with Crippen molar-refractivity contribution in [3.05, 3.63) is 0 Å². The Morgan fingerprint density at radius 1 is 1.32 bits per heavy atom. The molecule has 0 aliphatic heterocycles. The first-order chi connectivity index (χ1) is 8.57. The van der Waals surface area contributed by atoms with E-state index in [0.717, 1.165) is 6.92 Å². The zero-order valence-corrected chi connectivity index (χ0v) is 10.0. The number of aliphatic hydroxyl groups excluding tert-OH is 4. The lowest BCUT2D eigenvalue weighted by atomic mass is 9.93. The molecule has 0 spiro atoms. The molecule has 0 aromatic heterocycles. The summed E-state index contributed by atoms with van der Waals surface area (Å²) in [5, 5.41) is 45.3. The lowest BCUT2D eigenvalue weighted by Gasteiger charge is -2.31. The van der Waals surface area contributed by atoms with Crippen LogP contribution < -0.4 is 10.6 Å². The van der Waals surface area contributed by atoms with Gasteiger partial charge in [-0.3, -0.25) is 15.3 Å². The molecule has 0 rings (SSSR count). The summed E-state index contributed by atoms with van der Waals surface area (Å²) >= 11 is 0. The lowest BCUT2D eigenvalue weighted by Crippen LogP contribution is -2.64. The summed E-state index contributed by atoms with van der Waals surface area (Å²) in [5.41, 5.74) is 13.0. The molecule has 0 aliphatic rings. The molecule has 3 unspecified atom stereocenters. The van der Waals surface area contributed by atoms with Crippen molar-refractivity contribution in [3.8, 4) is 0 Å². The molecular weight excluding hydrogens is 264 g/mol. The van der Waals surface area contributed by atoms with Crippen molar-refractivity contribution >= 4 is 11.6 Å². The van der Waals surface area contributed by atoms with Gasteiger partial charge in [-0.2, -0.15) is 0 Å². The molecule has 0 saturated heterocycles. The molecule has 0 aromatic carbocycles. The first-order valence-electron chi connectivity index (χ1n) is 4.82. The fourth-order valence-electron chi connectivity index (χ4n) is 0.995. The minimum Gasteiger partial charge on any atom is -0.394 e. The Bertz CT molecular complexity index is 353. The molecule has 11 nitrogen and oxygen atoms in total. The second-order valence-corrected chi connectivity index (χ2v) is 3.51. The maximum absolute atomic E-state index is 11.1. The highest BCUT2D eigenvalue weighted by molar-refractivity contribution is 6.39. The summed E-state index contributed by atoms with van der Waals surface area (Å²) in [4.78, 5) is 23.7. The summed E-state index contributed by atoms with van der Waals surface area (Å²) in [6.45, 7) is -0.0930. The highest BCUT2D eigenvalue weighted by atomic mass is 16.4. The molecule has 110 valence electrons. The van der Waals surface area contributed by atoms with Crippen LogP contribution >= 0.6 is 0 Å². The first-order valence-corrected chi connectivity index (χ1v) is 4.82. The van der Waals surface area contributed by atoms with Crippen LogP contribution in [0.5, 0.6) is 0 Å². The second kappa shape index (κ2) is 8.50. The van der Waals surface area contributed by atoms with Gasteiger partial charge >= 0.3 is 0 Å². The lowest BCUT2D eigenvalue weighted by molar-refractivity contribution is -0.175. The van der Waals surface area contributed by atoms with Crippen LogP contribution in [-0.2, 0) is 9.59 Å². The van der Waals surface area contributed by atoms with Gasteiger partial charge in [-0.05, 0) is 0 Å². The van der Waals surface area contributed by atoms with E-state index in [0.29, 0.717) is 0 Å². The van der Waals surface area contributed by atoms with Crippen LogP contribution in [0.15, 0.2) is 0 Å². The van der Waals surface area contributed by atoms with E-state index < -0.39 is 42.2 Å². The minimum atomic E-state index is -3.01. The number of carbonyl (C=O) groups is 2. The largest absolute Gasteiger partial charge is 0.394 e. The Kier molecular flexibility index (Phi) is 8.83. The molecule has 0 bridgehead atoms. The van der Waals surface area contributed by atoms with Crippen molar-refractivity contribution in [2.24, 2.45) is 5.73 Å². The number of carbonyl (C=O) groups excluding carboxylic acids is 2. The number of aliphatic hydroxyl groups is 5. The summed E-state index contributed by atoms with van der Waals surface area (Å²) < 4.78 is 0. The van der Waals surface area contributed by atoms with Gasteiger partial charge in [0.05, 0.1) is 6.61 Å². The number of rotatable bonds is 6. The van der Waals surface area contributed by atoms with Gasteiger partial charge in [0.25, 0.3) is 0 Å². The van der Waals surface area contributed by atoms with Crippen molar-refractivity contribution in [1.82, 2.24) is 4.91 Å². The van der Waals surface area contributed by atoms with Crippen molar-refractivity contribution in [1.29, 1.82) is 11.1 Å². The zero-order chi connectivity index (χ0) is 15.8. The Hall–Kier alpha value is -1.59. The third-order valence-corrected chi connectivity index (χ3v) is 2.04. The monoisotopic (exact) mass is 281 g/mol. The van der Waals surface area contributed by atoms with E-state index in [1.54, 1.807) is 0 Å². The van der Waals surface area contributed by atoms with Gasteiger partial charge in [0, 0.05) is 6.92 Å². The van der Waals surface area contributed by atoms with Gasteiger partial charge in [0.1, 0.15) is 29.4 Å². The highest BCUT2D eigenvalue weighted by Gasteiger charge is 2.46. The SMILES string of the molecule is CC(=O)C(=O)[C@](N)(O)C(O)C(O)C(O)CO.N=[N+]=N. The molecule has 0 heterocycles. The van der Waals surface area contributed by atoms with Crippen LogP contribution in [0, 0.1) is 11.1 Å². The van der Waals surface area contributed by atoms with Gasteiger partial charge in [-0.1, -0.05) is 0 Å². The van der Waals surface area contributed by atoms with Gasteiger partial charge in [-0.25, -0.2) is 0 Å². The van der Waals surface area contributed by atoms with Crippen molar-refractivity contribution in [2.75, 3.05) is 6.61 Å². The molecule has 0 saturated carbocycles. The first kappa shape index (κ1) is 19.7. The van der Waals surface area contributed by atoms with E-state index >= 15 is 0 Å². The number of hydrogen-bond donors (Lipinski definition) is 8. The Labute approximate surface area is 107 Å². The minimum absolute atomic E-state index is 0.821. The molecule has 9 N–H and O–H groups in total. The number of ketones is 2. The summed E-state index contributed by atoms with van der Waals surface area (Å²) in [6.07, 6.45) is -6.17. The number of nitrogens with two attached hydrogens (primary N) is 1. The van der Waals surface area contributed by atoms with Gasteiger partial charge < -0.3 is 25.5 Å².